The lowest BCUT2D eigenvalue weighted by molar-refractivity contribution is 0.178. The Hall–Kier alpha value is -2.17. The number of aromatic nitrogens is 4. The molecule has 4 rings (SSSR count). The minimum atomic E-state index is 0.253. The number of pyridine rings is 1. The second-order valence-corrected chi connectivity index (χ2v) is 7.13. The van der Waals surface area contributed by atoms with E-state index < -0.39 is 0 Å². The van der Waals surface area contributed by atoms with Gasteiger partial charge in [-0.2, -0.15) is 10.4 Å². The number of halogens is 1. The lowest BCUT2D eigenvalue weighted by atomic mass is 9.91. The van der Waals surface area contributed by atoms with Crippen molar-refractivity contribution < 1.29 is 4.74 Å². The predicted octanol–water partition coefficient (Wildman–Crippen LogP) is 2.50. The summed E-state index contributed by atoms with van der Waals surface area (Å²) in [5.74, 6) is 3.80. The number of hydrogen-bond acceptors (Lipinski definition) is 6. The third-order valence-electron chi connectivity index (χ3n) is 5.00. The first-order valence-corrected chi connectivity index (χ1v) is 8.78. The Morgan fingerprint density at radius 3 is 2.96 bits per heavy atom. The quantitative estimate of drug-likeness (QED) is 0.883. The highest BCUT2D eigenvalue weighted by atomic mass is 35.5. The monoisotopic (exact) mass is 358 g/mol. The number of methoxy groups -OCH3 is 1. The lowest BCUT2D eigenvalue weighted by Crippen LogP contribution is -2.21. The highest BCUT2D eigenvalue weighted by Crippen LogP contribution is 2.48. The minimum absolute atomic E-state index is 0.253. The number of hydrogen-bond donors (Lipinski definition) is 1. The van der Waals surface area contributed by atoms with E-state index in [1.807, 2.05) is 0 Å². The van der Waals surface area contributed by atoms with Crippen molar-refractivity contribution >= 4 is 17.4 Å². The van der Waals surface area contributed by atoms with Crippen LogP contribution >= 0.6 is 11.6 Å². The van der Waals surface area contributed by atoms with E-state index in [0.717, 1.165) is 36.5 Å². The van der Waals surface area contributed by atoms with E-state index in [9.17, 15) is 0 Å². The summed E-state index contributed by atoms with van der Waals surface area (Å²) in [6, 6.07) is 3.74. The number of ether oxygens (including phenoxy) is 1. The number of nitrogens with one attached hydrogen (secondary N) is 1. The first-order valence-electron chi connectivity index (χ1n) is 8.40. The largest absolute Gasteiger partial charge is 0.377 e. The average Bonchev–Trinajstić information content (AvgIpc) is 3.19. The smallest absolute Gasteiger partial charge is 0.156 e. The molecule has 1 aliphatic heterocycles. The fourth-order valence-corrected chi connectivity index (χ4v) is 3.96. The molecule has 2 aromatic rings. The highest BCUT2D eigenvalue weighted by molar-refractivity contribution is 6.33. The number of H-pyrrole nitrogens is 1. The van der Waals surface area contributed by atoms with Crippen LogP contribution in [0.15, 0.2) is 12.3 Å². The topological polar surface area (TPSA) is 90.7 Å². The van der Waals surface area contributed by atoms with Crippen molar-refractivity contribution in [1.29, 1.82) is 5.26 Å². The summed E-state index contributed by atoms with van der Waals surface area (Å²) in [6.07, 6.45) is 4.10. The number of rotatable bonds is 5. The van der Waals surface area contributed by atoms with E-state index in [1.165, 1.54) is 12.8 Å². The molecule has 0 amide bonds. The Labute approximate surface area is 151 Å². The van der Waals surface area contributed by atoms with E-state index in [2.05, 4.69) is 31.1 Å². The van der Waals surface area contributed by atoms with Crippen LogP contribution in [0.2, 0.25) is 5.02 Å². The normalized spacial score (nSPS) is 23.0. The Bertz CT molecular complexity index is 812. The Balaban J connectivity index is 1.59. The lowest BCUT2D eigenvalue weighted by Gasteiger charge is -2.18. The van der Waals surface area contributed by atoms with Crippen LogP contribution in [0.4, 0.5) is 5.82 Å². The van der Waals surface area contributed by atoms with Gasteiger partial charge in [0.05, 0.1) is 10.6 Å². The number of nitriles is 1. The molecule has 1 saturated carbocycles. The summed E-state index contributed by atoms with van der Waals surface area (Å²) >= 11 is 6.36. The van der Waals surface area contributed by atoms with Crippen LogP contribution in [-0.4, -0.2) is 40.4 Å². The Morgan fingerprint density at radius 1 is 1.44 bits per heavy atom. The van der Waals surface area contributed by atoms with Gasteiger partial charge in [0, 0.05) is 32.3 Å². The zero-order valence-corrected chi connectivity index (χ0v) is 14.7. The fourth-order valence-electron chi connectivity index (χ4n) is 3.68. The summed E-state index contributed by atoms with van der Waals surface area (Å²) < 4.78 is 5.12. The third kappa shape index (κ3) is 3.20. The molecule has 0 aromatic carbocycles. The Morgan fingerprint density at radius 2 is 2.28 bits per heavy atom. The van der Waals surface area contributed by atoms with Gasteiger partial charge in [-0.1, -0.05) is 11.6 Å². The van der Waals surface area contributed by atoms with Gasteiger partial charge in [-0.25, -0.2) is 9.97 Å². The molecule has 3 heterocycles. The first kappa shape index (κ1) is 16.3. The average molecular weight is 359 g/mol. The summed E-state index contributed by atoms with van der Waals surface area (Å²) in [5, 5.41) is 16.9. The fraction of sp³-hybridized carbons (Fsp3) is 0.529. The molecule has 8 heteroatoms. The second kappa shape index (κ2) is 6.62. The predicted molar refractivity (Wildman–Crippen MR) is 92.2 cm³/mol. The first-order chi connectivity index (χ1) is 12.2. The maximum absolute atomic E-state index is 8.99. The van der Waals surface area contributed by atoms with Crippen molar-refractivity contribution in [1.82, 2.24) is 20.2 Å². The van der Waals surface area contributed by atoms with Gasteiger partial charge in [-0.05, 0) is 30.7 Å². The zero-order chi connectivity index (χ0) is 17.4. The van der Waals surface area contributed by atoms with Crippen LogP contribution in [0.1, 0.15) is 36.0 Å². The van der Waals surface area contributed by atoms with Gasteiger partial charge in [-0.15, -0.1) is 0 Å². The standard InChI is InChI=1S/C17H19ClN6O/c1-25-9-15-21-16(23-22-15)13-8-24(7-12(13)11-2-3-11)17-14(18)4-10(5-19)6-20-17/h4,6,11-13H,2-3,7-9H2,1H3,(H,21,22,23)/t12-,13+/m1/s1. The minimum Gasteiger partial charge on any atom is -0.377 e. The maximum atomic E-state index is 8.99. The molecular weight excluding hydrogens is 340 g/mol. The van der Waals surface area contributed by atoms with E-state index in [0.29, 0.717) is 23.1 Å². The summed E-state index contributed by atoms with van der Waals surface area (Å²) in [5.41, 5.74) is 0.474. The molecule has 2 fully saturated rings. The number of nitrogens with zero attached hydrogens (tertiary/aromatic N) is 5. The molecule has 1 saturated heterocycles. The zero-order valence-electron chi connectivity index (χ0n) is 13.9. The van der Waals surface area contributed by atoms with Crippen LogP contribution in [-0.2, 0) is 11.3 Å². The second-order valence-electron chi connectivity index (χ2n) is 6.73. The molecule has 0 radical (unpaired) electrons. The third-order valence-corrected chi connectivity index (χ3v) is 5.28. The van der Waals surface area contributed by atoms with Gasteiger partial charge in [0.2, 0.25) is 0 Å². The van der Waals surface area contributed by atoms with Crippen LogP contribution in [0.3, 0.4) is 0 Å². The molecule has 2 atom stereocenters. The van der Waals surface area contributed by atoms with Crippen LogP contribution in [0.5, 0.6) is 0 Å². The van der Waals surface area contributed by atoms with Gasteiger partial charge in [-0.3, -0.25) is 5.10 Å². The highest BCUT2D eigenvalue weighted by Gasteiger charge is 2.45. The number of anilines is 1. The molecule has 1 aliphatic carbocycles. The van der Waals surface area contributed by atoms with Crippen LogP contribution < -0.4 is 4.90 Å². The summed E-state index contributed by atoms with van der Waals surface area (Å²) in [4.78, 5) is 11.2. The van der Waals surface area contributed by atoms with E-state index in [1.54, 1.807) is 19.4 Å². The Kier molecular flexibility index (Phi) is 4.32. The molecule has 1 N–H and O–H groups in total. The van der Waals surface area contributed by atoms with E-state index in [-0.39, 0.29) is 5.92 Å². The molecule has 2 aromatic heterocycles. The van der Waals surface area contributed by atoms with Crippen molar-refractivity contribution in [3.63, 3.8) is 0 Å². The molecule has 0 unspecified atom stereocenters. The van der Waals surface area contributed by atoms with Crippen molar-refractivity contribution in [2.75, 3.05) is 25.1 Å². The number of aromatic amines is 1. The SMILES string of the molecule is COCc1nc([C@H]2CN(c3ncc(C#N)cc3Cl)C[C@@H]2C2CC2)n[nH]1. The van der Waals surface area contributed by atoms with Crippen molar-refractivity contribution in [3.05, 3.63) is 34.5 Å². The molecule has 0 spiro atoms. The molecular formula is C17H19ClN6O. The van der Waals surface area contributed by atoms with E-state index in [4.69, 9.17) is 21.6 Å². The molecule has 0 bridgehead atoms. The van der Waals surface area contributed by atoms with Crippen molar-refractivity contribution in [3.8, 4) is 6.07 Å². The van der Waals surface area contributed by atoms with Crippen molar-refractivity contribution in [2.24, 2.45) is 11.8 Å². The molecule has 130 valence electrons. The van der Waals surface area contributed by atoms with Gasteiger partial charge in [0.25, 0.3) is 0 Å². The van der Waals surface area contributed by atoms with Gasteiger partial charge < -0.3 is 9.64 Å². The maximum Gasteiger partial charge on any atom is 0.156 e. The van der Waals surface area contributed by atoms with Crippen LogP contribution in [0.25, 0.3) is 0 Å². The van der Waals surface area contributed by atoms with Gasteiger partial charge in [0.15, 0.2) is 11.6 Å². The molecule has 25 heavy (non-hydrogen) atoms. The summed E-state index contributed by atoms with van der Waals surface area (Å²) in [7, 11) is 1.64. The van der Waals surface area contributed by atoms with Gasteiger partial charge in [0.1, 0.15) is 18.5 Å². The van der Waals surface area contributed by atoms with Gasteiger partial charge >= 0.3 is 0 Å². The summed E-state index contributed by atoms with van der Waals surface area (Å²) in [6.45, 7) is 2.10. The molecule has 7 nitrogen and oxygen atoms in total. The van der Waals surface area contributed by atoms with Crippen molar-refractivity contribution in [2.45, 2.75) is 25.4 Å². The van der Waals surface area contributed by atoms with Crippen LogP contribution in [0, 0.1) is 23.2 Å². The van der Waals surface area contributed by atoms with E-state index >= 15 is 0 Å². The molecule has 2 aliphatic rings.